The van der Waals surface area contributed by atoms with E-state index >= 15 is 0 Å². The summed E-state index contributed by atoms with van der Waals surface area (Å²) in [5.74, 6) is -0.439. The molecule has 0 aliphatic carbocycles. The molecule has 1 atom stereocenters. The van der Waals surface area contributed by atoms with Crippen molar-refractivity contribution in [3.05, 3.63) is 54.0 Å². The fourth-order valence-electron chi connectivity index (χ4n) is 1.76. The Hall–Kier alpha value is -2.54. The van der Waals surface area contributed by atoms with Crippen molar-refractivity contribution in [3.8, 4) is 6.07 Å². The zero-order valence-electron chi connectivity index (χ0n) is 10.6. The molecule has 0 bridgehead atoms. The lowest BCUT2D eigenvalue weighted by atomic mass is 10.0. The molecule has 0 aliphatic rings. The van der Waals surface area contributed by atoms with Gasteiger partial charge in [0.15, 0.2) is 0 Å². The molecule has 1 heterocycles. The van der Waals surface area contributed by atoms with Crippen LogP contribution in [0.2, 0.25) is 0 Å². The van der Waals surface area contributed by atoms with E-state index in [0.29, 0.717) is 5.76 Å². The van der Waals surface area contributed by atoms with Gasteiger partial charge >= 0.3 is 0 Å². The number of amides is 1. The summed E-state index contributed by atoms with van der Waals surface area (Å²) in [5, 5.41) is 11.9. The molecule has 1 aromatic carbocycles. The number of carbonyl (C=O) groups is 1. The van der Waals surface area contributed by atoms with Gasteiger partial charge in [0.05, 0.1) is 12.3 Å². The van der Waals surface area contributed by atoms with Crippen molar-refractivity contribution < 1.29 is 9.21 Å². The molecule has 0 fully saturated rings. The highest BCUT2D eigenvalue weighted by Gasteiger charge is 2.20. The third kappa shape index (κ3) is 3.23. The predicted octanol–water partition coefficient (Wildman–Crippen LogP) is 2.91. The van der Waals surface area contributed by atoms with Crippen molar-refractivity contribution >= 4 is 11.6 Å². The van der Waals surface area contributed by atoms with Crippen molar-refractivity contribution in [2.75, 3.05) is 5.32 Å². The van der Waals surface area contributed by atoms with E-state index in [1.165, 1.54) is 6.26 Å². The highest BCUT2D eigenvalue weighted by molar-refractivity contribution is 5.94. The Labute approximate surface area is 111 Å². The number of nitrogens with one attached hydrogen (secondary N) is 1. The number of hydrogen-bond donors (Lipinski definition) is 1. The Bertz CT molecular complexity index is 597. The lowest BCUT2D eigenvalue weighted by Gasteiger charge is -2.11. The largest absolute Gasteiger partial charge is 0.469 e. The van der Waals surface area contributed by atoms with Crippen LogP contribution < -0.4 is 5.32 Å². The third-order valence-corrected chi connectivity index (χ3v) is 2.86. The van der Waals surface area contributed by atoms with Gasteiger partial charge in [0.25, 0.3) is 0 Å². The maximum atomic E-state index is 12.0. The van der Waals surface area contributed by atoms with Gasteiger partial charge in [0.2, 0.25) is 5.91 Å². The molecular formula is C15H14N2O2. The number of nitrogens with zero attached hydrogens (tertiary/aromatic N) is 1. The molecule has 0 spiro atoms. The summed E-state index contributed by atoms with van der Waals surface area (Å²) in [6.45, 7) is 1.91. The number of aryl methyl sites for hydroxylation is 1. The molecule has 96 valence electrons. The van der Waals surface area contributed by atoms with E-state index in [9.17, 15) is 4.79 Å². The van der Waals surface area contributed by atoms with Crippen LogP contribution in [0, 0.1) is 24.2 Å². The van der Waals surface area contributed by atoms with Gasteiger partial charge in [-0.05, 0) is 30.7 Å². The third-order valence-electron chi connectivity index (χ3n) is 2.86. The first-order valence-electron chi connectivity index (χ1n) is 5.99. The SMILES string of the molecule is Cc1ccccc1NC(=O)C(C#N)Cc1ccco1. The molecule has 0 saturated heterocycles. The second-order valence-corrected chi connectivity index (χ2v) is 4.27. The standard InChI is InChI=1S/C15H14N2O2/c1-11-5-2-3-7-14(11)17-15(18)12(10-16)9-13-6-4-8-19-13/h2-8,12H,9H2,1H3,(H,17,18). The minimum absolute atomic E-state index is 0.279. The van der Waals surface area contributed by atoms with E-state index in [4.69, 9.17) is 9.68 Å². The van der Waals surface area contributed by atoms with Gasteiger partial charge < -0.3 is 9.73 Å². The van der Waals surface area contributed by atoms with Crippen LogP contribution in [0.4, 0.5) is 5.69 Å². The van der Waals surface area contributed by atoms with Crippen LogP contribution >= 0.6 is 0 Å². The van der Waals surface area contributed by atoms with E-state index in [2.05, 4.69) is 5.32 Å². The summed E-state index contributed by atoms with van der Waals surface area (Å²) in [4.78, 5) is 12.0. The van der Waals surface area contributed by atoms with E-state index in [1.54, 1.807) is 12.1 Å². The number of rotatable bonds is 4. The molecule has 4 nitrogen and oxygen atoms in total. The summed E-state index contributed by atoms with van der Waals surface area (Å²) in [7, 11) is 0. The number of benzene rings is 1. The molecule has 1 amide bonds. The van der Waals surface area contributed by atoms with Crippen molar-refractivity contribution in [1.82, 2.24) is 0 Å². The van der Waals surface area contributed by atoms with Crippen molar-refractivity contribution in [3.63, 3.8) is 0 Å². The average Bonchev–Trinajstić information content (AvgIpc) is 2.91. The Morgan fingerprint density at radius 3 is 2.79 bits per heavy atom. The van der Waals surface area contributed by atoms with E-state index in [-0.39, 0.29) is 12.3 Å². The number of carbonyl (C=O) groups excluding carboxylic acids is 1. The molecule has 19 heavy (non-hydrogen) atoms. The molecule has 4 heteroatoms. The molecular weight excluding hydrogens is 240 g/mol. The monoisotopic (exact) mass is 254 g/mol. The number of anilines is 1. The van der Waals surface area contributed by atoms with Crippen LogP contribution in [0.15, 0.2) is 47.1 Å². The summed E-state index contributed by atoms with van der Waals surface area (Å²) in [6.07, 6.45) is 1.81. The van der Waals surface area contributed by atoms with Crippen molar-refractivity contribution in [2.24, 2.45) is 5.92 Å². The lowest BCUT2D eigenvalue weighted by molar-refractivity contribution is -0.118. The number of nitriles is 1. The first kappa shape index (κ1) is 12.9. The molecule has 0 aliphatic heterocycles. The predicted molar refractivity (Wildman–Crippen MR) is 71.3 cm³/mol. The highest BCUT2D eigenvalue weighted by atomic mass is 16.3. The summed E-state index contributed by atoms with van der Waals surface area (Å²) in [5.41, 5.74) is 1.69. The number of para-hydroxylation sites is 1. The smallest absolute Gasteiger partial charge is 0.242 e. The molecule has 0 saturated carbocycles. The molecule has 1 unspecified atom stereocenters. The minimum Gasteiger partial charge on any atom is -0.469 e. The first-order chi connectivity index (χ1) is 9.20. The van der Waals surface area contributed by atoms with Crippen LogP contribution in [-0.4, -0.2) is 5.91 Å². The molecule has 0 radical (unpaired) electrons. The van der Waals surface area contributed by atoms with Gasteiger partial charge in [0, 0.05) is 12.1 Å². The average molecular weight is 254 g/mol. The zero-order valence-corrected chi connectivity index (χ0v) is 10.6. The van der Waals surface area contributed by atoms with Crippen LogP contribution in [0.5, 0.6) is 0 Å². The summed E-state index contributed by atoms with van der Waals surface area (Å²) < 4.78 is 5.16. The summed E-state index contributed by atoms with van der Waals surface area (Å²) in [6, 6.07) is 13.0. The maximum Gasteiger partial charge on any atom is 0.242 e. The molecule has 2 rings (SSSR count). The van der Waals surface area contributed by atoms with Gasteiger partial charge in [-0.3, -0.25) is 4.79 Å². The van der Waals surface area contributed by atoms with E-state index in [0.717, 1.165) is 11.3 Å². The highest BCUT2D eigenvalue weighted by Crippen LogP contribution is 2.16. The lowest BCUT2D eigenvalue weighted by Crippen LogP contribution is -2.23. The second kappa shape index (κ2) is 5.87. The van der Waals surface area contributed by atoms with E-state index in [1.807, 2.05) is 37.3 Å². The van der Waals surface area contributed by atoms with Crippen LogP contribution in [0.25, 0.3) is 0 Å². The number of hydrogen-bond acceptors (Lipinski definition) is 3. The molecule has 1 aromatic heterocycles. The Morgan fingerprint density at radius 2 is 2.16 bits per heavy atom. The molecule has 2 aromatic rings. The summed E-state index contributed by atoms with van der Waals surface area (Å²) >= 11 is 0. The van der Waals surface area contributed by atoms with Crippen LogP contribution in [-0.2, 0) is 11.2 Å². The van der Waals surface area contributed by atoms with Crippen molar-refractivity contribution in [1.29, 1.82) is 5.26 Å². The fraction of sp³-hybridized carbons (Fsp3) is 0.200. The van der Waals surface area contributed by atoms with Crippen LogP contribution in [0.3, 0.4) is 0 Å². The Balaban J connectivity index is 2.06. The van der Waals surface area contributed by atoms with Gasteiger partial charge in [-0.25, -0.2) is 0 Å². The minimum atomic E-state index is -0.759. The zero-order chi connectivity index (χ0) is 13.7. The van der Waals surface area contributed by atoms with Gasteiger partial charge in [-0.2, -0.15) is 5.26 Å². The van der Waals surface area contributed by atoms with Gasteiger partial charge in [0.1, 0.15) is 11.7 Å². The van der Waals surface area contributed by atoms with Crippen LogP contribution in [0.1, 0.15) is 11.3 Å². The quantitative estimate of drug-likeness (QED) is 0.912. The Morgan fingerprint density at radius 1 is 1.37 bits per heavy atom. The van der Waals surface area contributed by atoms with Gasteiger partial charge in [-0.1, -0.05) is 18.2 Å². The topological polar surface area (TPSA) is 66.0 Å². The normalized spacial score (nSPS) is 11.6. The van der Waals surface area contributed by atoms with Crippen molar-refractivity contribution in [2.45, 2.75) is 13.3 Å². The second-order valence-electron chi connectivity index (χ2n) is 4.27. The van der Waals surface area contributed by atoms with Gasteiger partial charge in [-0.15, -0.1) is 0 Å². The maximum absolute atomic E-state index is 12.0. The number of furan rings is 1. The molecule has 1 N–H and O–H groups in total. The van der Waals surface area contributed by atoms with E-state index < -0.39 is 5.92 Å². The Kier molecular flexibility index (Phi) is 3.99. The fourth-order valence-corrected chi connectivity index (χ4v) is 1.76. The first-order valence-corrected chi connectivity index (χ1v) is 5.99.